The minimum absolute atomic E-state index is 0.000292. The Hall–Kier alpha value is -6.15. The molecule has 2 atom stereocenters. The Morgan fingerprint density at radius 2 is 1.65 bits per heavy atom. The number of amides is 5. The van der Waals surface area contributed by atoms with Gasteiger partial charge in [0.15, 0.2) is 11.9 Å². The van der Waals surface area contributed by atoms with Gasteiger partial charge in [-0.05, 0) is 81.0 Å². The Labute approximate surface area is 375 Å². The van der Waals surface area contributed by atoms with Crippen molar-refractivity contribution in [2.75, 3.05) is 55.6 Å². The molecule has 21 heteroatoms. The number of fused-ring (bicyclic) bond motifs is 2. The lowest BCUT2D eigenvalue weighted by Crippen LogP contribution is -2.54. The maximum Gasteiger partial charge on any atom is 0.401 e. The van der Waals surface area contributed by atoms with Crippen LogP contribution in [0.1, 0.15) is 77.5 Å². The largest absolute Gasteiger partial charge is 0.480 e. The van der Waals surface area contributed by atoms with E-state index in [9.17, 15) is 37.1 Å². The van der Waals surface area contributed by atoms with Crippen LogP contribution in [0.4, 0.5) is 29.1 Å². The highest BCUT2D eigenvalue weighted by Gasteiger charge is 2.51. The Morgan fingerprint density at radius 1 is 0.923 bits per heavy atom. The molecule has 0 spiro atoms. The van der Waals surface area contributed by atoms with Gasteiger partial charge >= 0.3 is 6.18 Å². The summed E-state index contributed by atoms with van der Waals surface area (Å²) in [6.07, 6.45) is -1.47. The highest BCUT2D eigenvalue weighted by Crippen LogP contribution is 2.40. The van der Waals surface area contributed by atoms with Crippen LogP contribution in [-0.4, -0.2) is 124 Å². The molecule has 1 unspecified atom stereocenters. The fraction of sp³-hybridized carbons (Fsp3) is 0.455. The van der Waals surface area contributed by atoms with Gasteiger partial charge in [0.1, 0.15) is 34.7 Å². The van der Waals surface area contributed by atoms with Gasteiger partial charge in [-0.15, -0.1) is 0 Å². The van der Waals surface area contributed by atoms with Gasteiger partial charge in [-0.1, -0.05) is 11.6 Å². The van der Waals surface area contributed by atoms with Gasteiger partial charge in [-0.25, -0.2) is 14.4 Å². The molecule has 3 saturated heterocycles. The zero-order chi connectivity index (χ0) is 45.9. The predicted molar refractivity (Wildman–Crippen MR) is 227 cm³/mol. The molecule has 0 radical (unpaired) electrons. The van der Waals surface area contributed by atoms with E-state index >= 15 is 4.39 Å². The lowest BCUT2D eigenvalue weighted by Gasteiger charge is -2.40. The highest BCUT2D eigenvalue weighted by molar-refractivity contribution is 6.33. The van der Waals surface area contributed by atoms with Crippen molar-refractivity contribution in [2.45, 2.75) is 76.2 Å². The third-order valence-corrected chi connectivity index (χ3v) is 13.4. The second-order valence-corrected chi connectivity index (χ2v) is 18.0. The number of imide groups is 2. The van der Waals surface area contributed by atoms with Crippen molar-refractivity contribution in [1.82, 2.24) is 40.6 Å². The summed E-state index contributed by atoms with van der Waals surface area (Å²) in [5.41, 5.74) is 0.137. The van der Waals surface area contributed by atoms with Crippen molar-refractivity contribution in [1.29, 1.82) is 0 Å². The van der Waals surface area contributed by atoms with E-state index in [1.807, 2.05) is 17.0 Å². The number of rotatable bonds is 10. The van der Waals surface area contributed by atoms with E-state index in [1.54, 1.807) is 18.3 Å². The van der Waals surface area contributed by atoms with E-state index in [-0.39, 0.29) is 48.4 Å². The van der Waals surface area contributed by atoms with Gasteiger partial charge in [0.25, 0.3) is 17.7 Å². The number of piperazine rings is 1. The molecule has 16 nitrogen and oxygen atoms in total. The molecule has 342 valence electrons. The van der Waals surface area contributed by atoms with Gasteiger partial charge < -0.3 is 19.9 Å². The Balaban J connectivity index is 0.740. The van der Waals surface area contributed by atoms with Gasteiger partial charge in [-0.3, -0.25) is 44.2 Å². The Kier molecular flexibility index (Phi) is 11.5. The van der Waals surface area contributed by atoms with Gasteiger partial charge in [-0.2, -0.15) is 18.3 Å². The number of alkyl halides is 3. The number of carbonyl (C=O) groups is 5. The van der Waals surface area contributed by atoms with Gasteiger partial charge in [0, 0.05) is 81.0 Å². The number of aromatic amines is 1. The SMILES string of the molecule is CC(C)(c1n[nH]c(CNC(=O)[C@H]2Cc3cc(Cl)c(-c4ccc(N5CCC(CN6CCN(c7cc8c(cc7F)C(=O)N(C7CCC(=O)NC7=O)C8=O)CC6)CC5)nc4)cc3O2)n1)C(F)(F)F. The molecule has 9 rings (SSSR count). The minimum atomic E-state index is -4.55. The van der Waals surface area contributed by atoms with E-state index < -0.39 is 64.9 Å². The van der Waals surface area contributed by atoms with Crippen LogP contribution in [0, 0.1) is 11.7 Å². The molecule has 3 fully saturated rings. The first kappa shape index (κ1) is 44.1. The number of hydrogen-bond acceptors (Lipinski definition) is 12. The quantitative estimate of drug-likeness (QED) is 0.149. The van der Waals surface area contributed by atoms with Crippen molar-refractivity contribution in [2.24, 2.45) is 5.92 Å². The molecule has 2 aromatic carbocycles. The third-order valence-electron chi connectivity index (χ3n) is 13.1. The number of aromatic nitrogens is 4. The number of anilines is 2. The Bertz CT molecular complexity index is 2570. The van der Waals surface area contributed by atoms with Gasteiger partial charge in [0.05, 0.1) is 23.4 Å². The molecule has 65 heavy (non-hydrogen) atoms. The topological polar surface area (TPSA) is 186 Å². The molecule has 4 aromatic rings. The number of hydrogen-bond donors (Lipinski definition) is 3. The van der Waals surface area contributed by atoms with Crippen molar-refractivity contribution in [3.05, 3.63) is 81.8 Å². The summed E-state index contributed by atoms with van der Waals surface area (Å²) >= 11 is 6.72. The fourth-order valence-electron chi connectivity index (χ4n) is 9.03. The number of benzene rings is 2. The van der Waals surface area contributed by atoms with Crippen LogP contribution in [-0.2, 0) is 32.8 Å². The minimum Gasteiger partial charge on any atom is -0.480 e. The lowest BCUT2D eigenvalue weighted by atomic mass is 9.92. The van der Waals surface area contributed by atoms with Crippen molar-refractivity contribution < 1.29 is 46.3 Å². The van der Waals surface area contributed by atoms with Crippen LogP contribution in [0.25, 0.3) is 11.1 Å². The second-order valence-electron chi connectivity index (χ2n) is 17.6. The molecular weight excluding hydrogens is 876 g/mol. The van der Waals surface area contributed by atoms with Crippen molar-refractivity contribution in [3.8, 4) is 16.9 Å². The van der Waals surface area contributed by atoms with Crippen LogP contribution in [0.3, 0.4) is 0 Å². The molecule has 5 aliphatic heterocycles. The molecular formula is C44H45ClF4N10O6. The third kappa shape index (κ3) is 8.48. The summed E-state index contributed by atoms with van der Waals surface area (Å²) in [6, 6.07) is 8.80. The Morgan fingerprint density at radius 3 is 2.32 bits per heavy atom. The smallest absolute Gasteiger partial charge is 0.401 e. The molecule has 5 aliphatic rings. The number of pyridine rings is 1. The summed E-state index contributed by atoms with van der Waals surface area (Å²) in [4.78, 5) is 79.5. The van der Waals surface area contributed by atoms with E-state index in [0.717, 1.165) is 74.2 Å². The van der Waals surface area contributed by atoms with Crippen LogP contribution in [0.2, 0.25) is 5.02 Å². The van der Waals surface area contributed by atoms with Gasteiger partial charge in [0.2, 0.25) is 11.8 Å². The first-order valence-electron chi connectivity index (χ1n) is 21.4. The van der Waals surface area contributed by atoms with Crippen molar-refractivity contribution >= 4 is 52.6 Å². The van der Waals surface area contributed by atoms with Crippen LogP contribution >= 0.6 is 11.6 Å². The maximum atomic E-state index is 15.5. The molecule has 2 aromatic heterocycles. The number of nitrogens with zero attached hydrogens (tertiary/aromatic N) is 7. The first-order valence-corrected chi connectivity index (χ1v) is 21.8. The summed E-state index contributed by atoms with van der Waals surface area (Å²) in [7, 11) is 0. The monoisotopic (exact) mass is 920 g/mol. The first-order chi connectivity index (χ1) is 30.9. The van der Waals surface area contributed by atoms with Crippen LogP contribution < -0.4 is 25.2 Å². The van der Waals surface area contributed by atoms with Crippen molar-refractivity contribution in [3.63, 3.8) is 0 Å². The van der Waals surface area contributed by atoms with E-state index in [1.165, 1.54) is 6.07 Å². The zero-order valence-electron chi connectivity index (χ0n) is 35.4. The number of halogens is 5. The number of nitrogens with one attached hydrogen (secondary N) is 3. The molecule has 7 heterocycles. The summed E-state index contributed by atoms with van der Waals surface area (Å²) in [6.45, 7) is 6.79. The molecule has 0 aliphatic carbocycles. The van der Waals surface area contributed by atoms with E-state index in [2.05, 4.69) is 35.6 Å². The predicted octanol–water partition coefficient (Wildman–Crippen LogP) is 4.56. The zero-order valence-corrected chi connectivity index (χ0v) is 36.2. The molecule has 0 bridgehead atoms. The van der Waals surface area contributed by atoms with Crippen LogP contribution in [0.5, 0.6) is 5.75 Å². The van der Waals surface area contributed by atoms with E-state index in [0.29, 0.717) is 48.4 Å². The summed E-state index contributed by atoms with van der Waals surface area (Å²) in [5, 5.41) is 11.5. The molecule has 5 amide bonds. The number of piperidine rings is 2. The maximum absolute atomic E-state index is 15.5. The highest BCUT2D eigenvalue weighted by atomic mass is 35.5. The van der Waals surface area contributed by atoms with E-state index in [4.69, 9.17) is 21.3 Å². The number of carbonyl (C=O) groups excluding carboxylic acids is 5. The van der Waals surface area contributed by atoms with Crippen LogP contribution in [0.15, 0.2) is 42.6 Å². The standard InChI is InChI=1S/C44H45ClF4N10O6/c1-43(2,44(47,48)49)42-52-35(54-55-42)21-51-39(62)34-16-25-15-29(45)26(19-33(25)65-34)24-3-5-36(50-20-24)58-9-7-23(8-10-58)22-56-11-13-57(14-12-56)32-18-28-27(17-30(32)46)40(63)59(41(28)64)31-4-6-37(60)53-38(31)61/h3,5,15,17-20,23,31,34H,4,6-14,16,21-22H2,1-2H3,(H,51,62)(H,52,54,55)(H,53,60,61)/t31?,34-/m1/s1. The second kappa shape index (κ2) is 17.0. The lowest BCUT2D eigenvalue weighted by molar-refractivity contribution is -0.182. The fourth-order valence-corrected chi connectivity index (χ4v) is 9.32. The average Bonchev–Trinajstić information content (AvgIpc) is 3.99. The normalized spacial score (nSPS) is 20.8. The number of H-pyrrole nitrogens is 1. The summed E-state index contributed by atoms with van der Waals surface area (Å²) in [5.74, 6) is -2.22. The number of ether oxygens (including phenoxy) is 1. The molecule has 3 N–H and O–H groups in total. The molecule has 0 saturated carbocycles. The average molecular weight is 921 g/mol. The summed E-state index contributed by atoms with van der Waals surface area (Å²) < 4.78 is 61.7.